The van der Waals surface area contributed by atoms with Crippen LogP contribution in [0.2, 0.25) is 0 Å². The molecule has 0 unspecified atom stereocenters. The smallest absolute Gasteiger partial charge is 0.240 e. The number of ether oxygens (including phenoxy) is 1. The lowest BCUT2D eigenvalue weighted by atomic mass is 10.0. The zero-order chi connectivity index (χ0) is 16.2. The Morgan fingerprint density at radius 2 is 1.95 bits per heavy atom. The molecule has 0 heterocycles. The number of benzene rings is 1. The number of carbonyl (C=O) groups excluding carboxylic acids is 3. The van der Waals surface area contributed by atoms with E-state index in [0.29, 0.717) is 37.2 Å². The van der Waals surface area contributed by atoms with Gasteiger partial charge in [-0.1, -0.05) is 12.1 Å². The minimum Gasteiger partial charge on any atom is -0.383 e. The largest absolute Gasteiger partial charge is 0.383 e. The molecule has 1 saturated carbocycles. The van der Waals surface area contributed by atoms with Crippen LogP contribution in [0.15, 0.2) is 24.3 Å². The monoisotopic (exact) mass is 304 g/mol. The third kappa shape index (κ3) is 3.51. The van der Waals surface area contributed by atoms with Crippen molar-refractivity contribution in [2.24, 2.45) is 5.41 Å². The van der Waals surface area contributed by atoms with Crippen molar-refractivity contribution in [2.75, 3.05) is 25.6 Å². The zero-order valence-corrected chi connectivity index (χ0v) is 12.8. The predicted octanol–water partition coefficient (Wildman–Crippen LogP) is 1.37. The number of nitrogens with one attached hydrogen (secondary N) is 2. The second-order valence-corrected chi connectivity index (χ2v) is 5.42. The first-order chi connectivity index (χ1) is 10.5. The van der Waals surface area contributed by atoms with E-state index in [1.165, 1.54) is 6.92 Å². The van der Waals surface area contributed by atoms with Crippen molar-refractivity contribution in [3.8, 4) is 0 Å². The lowest BCUT2D eigenvalue weighted by Gasteiger charge is -2.15. The Morgan fingerprint density at radius 1 is 1.23 bits per heavy atom. The van der Waals surface area contributed by atoms with Gasteiger partial charge in [-0.15, -0.1) is 0 Å². The number of methoxy groups -OCH3 is 1. The van der Waals surface area contributed by atoms with Crippen molar-refractivity contribution >= 4 is 23.3 Å². The van der Waals surface area contributed by atoms with Crippen molar-refractivity contribution in [1.82, 2.24) is 5.32 Å². The second kappa shape index (κ2) is 6.70. The van der Waals surface area contributed by atoms with Crippen LogP contribution in [0.1, 0.15) is 30.1 Å². The van der Waals surface area contributed by atoms with Crippen molar-refractivity contribution < 1.29 is 19.1 Å². The Hall–Kier alpha value is -2.21. The second-order valence-electron chi connectivity index (χ2n) is 5.42. The lowest BCUT2D eigenvalue weighted by molar-refractivity contribution is -0.134. The van der Waals surface area contributed by atoms with Crippen molar-refractivity contribution in [3.63, 3.8) is 0 Å². The van der Waals surface area contributed by atoms with Crippen LogP contribution in [-0.4, -0.2) is 37.9 Å². The fraction of sp³-hybridized carbons (Fsp3) is 0.438. The summed E-state index contributed by atoms with van der Waals surface area (Å²) in [7, 11) is 1.55. The molecular formula is C16H20N2O4. The zero-order valence-electron chi connectivity index (χ0n) is 12.8. The molecule has 0 aromatic heterocycles. The number of hydrogen-bond donors (Lipinski definition) is 2. The summed E-state index contributed by atoms with van der Waals surface area (Å²) in [5.41, 5.74) is 0.0563. The molecule has 0 atom stereocenters. The van der Waals surface area contributed by atoms with Gasteiger partial charge in [0.1, 0.15) is 5.41 Å². The molecule has 1 aliphatic carbocycles. The van der Waals surface area contributed by atoms with E-state index < -0.39 is 5.41 Å². The molecular weight excluding hydrogens is 284 g/mol. The molecule has 1 fully saturated rings. The van der Waals surface area contributed by atoms with Gasteiger partial charge in [0.05, 0.1) is 6.61 Å². The number of hydrogen-bond acceptors (Lipinski definition) is 4. The highest BCUT2D eigenvalue weighted by Gasteiger charge is 2.56. The Balaban J connectivity index is 2.01. The molecule has 0 saturated heterocycles. The molecule has 1 aliphatic rings. The number of carbonyl (C=O) groups is 3. The van der Waals surface area contributed by atoms with Crippen molar-refractivity contribution in [1.29, 1.82) is 0 Å². The summed E-state index contributed by atoms with van der Waals surface area (Å²) in [4.78, 5) is 35.9. The van der Waals surface area contributed by atoms with Gasteiger partial charge < -0.3 is 15.4 Å². The molecule has 6 nitrogen and oxygen atoms in total. The van der Waals surface area contributed by atoms with Gasteiger partial charge in [-0.3, -0.25) is 14.4 Å². The predicted molar refractivity (Wildman–Crippen MR) is 81.6 cm³/mol. The lowest BCUT2D eigenvalue weighted by Crippen LogP contribution is -2.41. The van der Waals surface area contributed by atoms with E-state index in [1.54, 1.807) is 31.4 Å². The average Bonchev–Trinajstić information content (AvgIpc) is 3.29. The highest BCUT2D eigenvalue weighted by Crippen LogP contribution is 2.46. The van der Waals surface area contributed by atoms with Crippen LogP contribution >= 0.6 is 0 Å². The number of Topliss-reactive ketones (excluding diaryl/α,β-unsaturated/α-hetero) is 1. The SMILES string of the molecule is COCCNC(=O)C1(C(=O)Nc2cccc(C(C)=O)c2)CC1. The van der Waals surface area contributed by atoms with Gasteiger partial charge in [-0.2, -0.15) is 0 Å². The number of anilines is 1. The van der Waals surface area contributed by atoms with Gasteiger partial charge in [-0.25, -0.2) is 0 Å². The van der Waals surface area contributed by atoms with E-state index in [9.17, 15) is 14.4 Å². The van der Waals surface area contributed by atoms with Crippen LogP contribution < -0.4 is 10.6 Å². The van der Waals surface area contributed by atoms with Crippen LogP contribution in [0.5, 0.6) is 0 Å². The summed E-state index contributed by atoms with van der Waals surface area (Å²) < 4.78 is 4.87. The van der Waals surface area contributed by atoms with Crippen molar-refractivity contribution in [2.45, 2.75) is 19.8 Å². The quantitative estimate of drug-likeness (QED) is 0.453. The molecule has 2 rings (SSSR count). The maximum absolute atomic E-state index is 12.4. The van der Waals surface area contributed by atoms with Gasteiger partial charge in [0.2, 0.25) is 11.8 Å². The third-order valence-electron chi connectivity index (χ3n) is 3.74. The van der Waals surface area contributed by atoms with Gasteiger partial charge >= 0.3 is 0 Å². The molecule has 118 valence electrons. The summed E-state index contributed by atoms with van der Waals surface area (Å²) in [5, 5.41) is 5.43. The molecule has 1 aromatic rings. The fourth-order valence-electron chi connectivity index (χ4n) is 2.18. The molecule has 2 amide bonds. The van der Waals surface area contributed by atoms with Crippen LogP contribution in [0.25, 0.3) is 0 Å². The molecule has 0 spiro atoms. The maximum atomic E-state index is 12.4. The first-order valence-electron chi connectivity index (χ1n) is 7.19. The highest BCUT2D eigenvalue weighted by atomic mass is 16.5. The van der Waals surface area contributed by atoms with E-state index in [4.69, 9.17) is 4.74 Å². The Labute approximate surface area is 129 Å². The number of rotatable bonds is 7. The first kappa shape index (κ1) is 16.2. The van der Waals surface area contributed by atoms with Gasteiger partial charge in [0.15, 0.2) is 5.78 Å². The standard InChI is InChI=1S/C16H20N2O4/c1-11(19)12-4-3-5-13(10-12)18-15(21)16(6-7-16)14(20)17-8-9-22-2/h3-5,10H,6-9H2,1-2H3,(H,17,20)(H,18,21). The average molecular weight is 304 g/mol. The highest BCUT2D eigenvalue weighted by molar-refractivity contribution is 6.13. The van der Waals surface area contributed by atoms with Crippen LogP contribution in [0.4, 0.5) is 5.69 Å². The molecule has 6 heteroatoms. The van der Waals surface area contributed by atoms with E-state index >= 15 is 0 Å². The van der Waals surface area contributed by atoms with E-state index in [2.05, 4.69) is 10.6 Å². The number of amides is 2. The normalized spacial score (nSPS) is 15.0. The van der Waals surface area contributed by atoms with Crippen molar-refractivity contribution in [3.05, 3.63) is 29.8 Å². The summed E-state index contributed by atoms with van der Waals surface area (Å²) >= 11 is 0. The maximum Gasteiger partial charge on any atom is 0.240 e. The molecule has 0 radical (unpaired) electrons. The summed E-state index contributed by atoms with van der Waals surface area (Å²) in [6.07, 6.45) is 1.06. The topological polar surface area (TPSA) is 84.5 Å². The minimum absolute atomic E-state index is 0.0745. The van der Waals surface area contributed by atoms with Gasteiger partial charge in [-0.05, 0) is 31.9 Å². The number of ketones is 1. The van der Waals surface area contributed by atoms with Crippen LogP contribution in [0.3, 0.4) is 0 Å². The van der Waals surface area contributed by atoms with E-state index in [1.807, 2.05) is 0 Å². The molecule has 0 bridgehead atoms. The Kier molecular flexibility index (Phi) is 4.92. The van der Waals surface area contributed by atoms with Gasteiger partial charge in [0.25, 0.3) is 0 Å². The third-order valence-corrected chi connectivity index (χ3v) is 3.74. The fourth-order valence-corrected chi connectivity index (χ4v) is 2.18. The molecule has 22 heavy (non-hydrogen) atoms. The first-order valence-corrected chi connectivity index (χ1v) is 7.19. The van der Waals surface area contributed by atoms with Crippen LogP contribution in [-0.2, 0) is 14.3 Å². The molecule has 0 aliphatic heterocycles. The van der Waals surface area contributed by atoms with E-state index in [0.717, 1.165) is 0 Å². The molecule has 1 aromatic carbocycles. The van der Waals surface area contributed by atoms with Gasteiger partial charge in [0, 0.05) is 24.9 Å². The minimum atomic E-state index is -0.986. The van der Waals surface area contributed by atoms with E-state index in [-0.39, 0.29) is 17.6 Å². The molecule has 2 N–H and O–H groups in total. The summed E-state index contributed by atoms with van der Waals surface area (Å²) in [6, 6.07) is 6.69. The Bertz CT molecular complexity index is 594. The summed E-state index contributed by atoms with van der Waals surface area (Å²) in [5.74, 6) is -0.678. The Morgan fingerprint density at radius 3 is 2.55 bits per heavy atom. The summed E-state index contributed by atoms with van der Waals surface area (Å²) in [6.45, 7) is 2.25. The van der Waals surface area contributed by atoms with Crippen LogP contribution in [0, 0.1) is 5.41 Å².